The van der Waals surface area contributed by atoms with Crippen LogP contribution in [0.3, 0.4) is 0 Å². The summed E-state index contributed by atoms with van der Waals surface area (Å²) in [6.07, 6.45) is 2.38. The summed E-state index contributed by atoms with van der Waals surface area (Å²) < 4.78 is 5.58. The molecule has 1 unspecified atom stereocenters. The van der Waals surface area contributed by atoms with E-state index in [0.29, 0.717) is 11.5 Å². The summed E-state index contributed by atoms with van der Waals surface area (Å²) in [4.78, 5) is 12.0. The van der Waals surface area contributed by atoms with Gasteiger partial charge < -0.3 is 9.84 Å². The highest BCUT2D eigenvalue weighted by atomic mass is 32.1. The average Bonchev–Trinajstić information content (AvgIpc) is 2.63. The van der Waals surface area contributed by atoms with Gasteiger partial charge in [-0.05, 0) is 25.5 Å². The highest BCUT2D eigenvalue weighted by Gasteiger charge is 2.08. The van der Waals surface area contributed by atoms with E-state index < -0.39 is 5.97 Å². The SMILES string of the molecule is CCCC(C)OCc1ccc(C(=O)O)s1. The zero-order valence-corrected chi connectivity index (χ0v) is 9.84. The van der Waals surface area contributed by atoms with Gasteiger partial charge in [0.2, 0.25) is 0 Å². The van der Waals surface area contributed by atoms with Gasteiger partial charge in [0.25, 0.3) is 0 Å². The molecule has 0 aliphatic rings. The van der Waals surface area contributed by atoms with Gasteiger partial charge in [-0.1, -0.05) is 13.3 Å². The minimum Gasteiger partial charge on any atom is -0.477 e. The molecular formula is C11H16O3S. The molecule has 0 fully saturated rings. The Hall–Kier alpha value is -0.870. The average molecular weight is 228 g/mol. The Morgan fingerprint density at radius 3 is 2.87 bits per heavy atom. The summed E-state index contributed by atoms with van der Waals surface area (Å²) in [6, 6.07) is 3.43. The minimum atomic E-state index is -0.868. The molecule has 0 bridgehead atoms. The van der Waals surface area contributed by atoms with E-state index in [0.717, 1.165) is 17.7 Å². The monoisotopic (exact) mass is 228 g/mol. The van der Waals surface area contributed by atoms with Gasteiger partial charge in [-0.25, -0.2) is 4.79 Å². The van der Waals surface area contributed by atoms with Crippen LogP contribution < -0.4 is 0 Å². The molecule has 0 saturated heterocycles. The molecule has 0 aromatic carbocycles. The van der Waals surface area contributed by atoms with Crippen molar-refractivity contribution in [3.05, 3.63) is 21.9 Å². The molecule has 0 aliphatic carbocycles. The molecule has 1 aromatic heterocycles. The normalized spacial score (nSPS) is 12.7. The van der Waals surface area contributed by atoms with Crippen molar-refractivity contribution < 1.29 is 14.6 Å². The zero-order chi connectivity index (χ0) is 11.3. The van der Waals surface area contributed by atoms with E-state index in [1.165, 1.54) is 11.3 Å². The lowest BCUT2D eigenvalue weighted by Gasteiger charge is -2.10. The van der Waals surface area contributed by atoms with E-state index in [-0.39, 0.29) is 6.10 Å². The molecule has 0 radical (unpaired) electrons. The van der Waals surface area contributed by atoms with Crippen molar-refractivity contribution in [3.63, 3.8) is 0 Å². The second-order valence-electron chi connectivity index (χ2n) is 3.48. The van der Waals surface area contributed by atoms with Crippen molar-refractivity contribution in [3.8, 4) is 0 Å². The van der Waals surface area contributed by atoms with Crippen molar-refractivity contribution in [2.24, 2.45) is 0 Å². The number of hydrogen-bond acceptors (Lipinski definition) is 3. The van der Waals surface area contributed by atoms with E-state index in [2.05, 4.69) is 6.92 Å². The first-order chi connectivity index (χ1) is 7.13. The highest BCUT2D eigenvalue weighted by molar-refractivity contribution is 7.13. The van der Waals surface area contributed by atoms with Crippen LogP contribution in [0.2, 0.25) is 0 Å². The summed E-state index contributed by atoms with van der Waals surface area (Å²) in [5.41, 5.74) is 0. The second-order valence-corrected chi connectivity index (χ2v) is 4.65. The van der Waals surface area contributed by atoms with Gasteiger partial charge in [-0.3, -0.25) is 0 Å². The summed E-state index contributed by atoms with van der Waals surface area (Å²) in [5.74, 6) is -0.868. The molecule has 1 aromatic rings. The molecule has 0 spiro atoms. The molecule has 0 amide bonds. The van der Waals surface area contributed by atoms with Crippen molar-refractivity contribution in [2.75, 3.05) is 0 Å². The molecule has 1 atom stereocenters. The number of rotatable bonds is 6. The molecule has 3 nitrogen and oxygen atoms in total. The Morgan fingerprint density at radius 2 is 2.33 bits per heavy atom. The van der Waals surface area contributed by atoms with Crippen molar-refractivity contribution in [2.45, 2.75) is 39.4 Å². The molecule has 1 heterocycles. The molecule has 0 saturated carbocycles. The van der Waals surface area contributed by atoms with Gasteiger partial charge in [-0.15, -0.1) is 11.3 Å². The topological polar surface area (TPSA) is 46.5 Å². The number of aromatic carboxylic acids is 1. The zero-order valence-electron chi connectivity index (χ0n) is 9.03. The maximum atomic E-state index is 10.6. The lowest BCUT2D eigenvalue weighted by atomic mass is 10.2. The lowest BCUT2D eigenvalue weighted by Crippen LogP contribution is -2.06. The van der Waals surface area contributed by atoms with Crippen molar-refractivity contribution in [1.29, 1.82) is 0 Å². The fourth-order valence-electron chi connectivity index (χ4n) is 1.28. The lowest BCUT2D eigenvalue weighted by molar-refractivity contribution is 0.0488. The van der Waals surface area contributed by atoms with Gasteiger partial charge in [0, 0.05) is 4.88 Å². The van der Waals surface area contributed by atoms with Crippen molar-refractivity contribution in [1.82, 2.24) is 0 Å². The Morgan fingerprint density at radius 1 is 1.60 bits per heavy atom. The third-order valence-electron chi connectivity index (χ3n) is 2.08. The Labute approximate surface area is 93.7 Å². The minimum absolute atomic E-state index is 0.241. The molecular weight excluding hydrogens is 212 g/mol. The molecule has 0 aliphatic heterocycles. The van der Waals surface area contributed by atoms with Crippen LogP contribution in [0, 0.1) is 0 Å². The van der Waals surface area contributed by atoms with E-state index in [9.17, 15) is 4.79 Å². The number of carbonyl (C=O) groups is 1. The number of thiophene rings is 1. The predicted octanol–water partition coefficient (Wildman–Crippen LogP) is 3.15. The Bertz CT molecular complexity index is 319. The smallest absolute Gasteiger partial charge is 0.345 e. The van der Waals surface area contributed by atoms with E-state index >= 15 is 0 Å². The molecule has 1 rings (SSSR count). The molecule has 84 valence electrons. The van der Waals surface area contributed by atoms with Crippen LogP contribution in [0.5, 0.6) is 0 Å². The first kappa shape index (κ1) is 12.2. The standard InChI is InChI=1S/C11H16O3S/c1-3-4-8(2)14-7-9-5-6-10(15-9)11(12)13/h5-6,8H,3-4,7H2,1-2H3,(H,12,13). The van der Waals surface area contributed by atoms with E-state index in [4.69, 9.17) is 9.84 Å². The van der Waals surface area contributed by atoms with Gasteiger partial charge in [0.15, 0.2) is 0 Å². The van der Waals surface area contributed by atoms with Crippen LogP contribution in [0.1, 0.15) is 41.2 Å². The Balaban J connectivity index is 2.40. The molecule has 4 heteroatoms. The van der Waals surface area contributed by atoms with Crippen LogP contribution >= 0.6 is 11.3 Å². The quantitative estimate of drug-likeness (QED) is 0.813. The number of carboxylic acid groups (broad SMARTS) is 1. The first-order valence-electron chi connectivity index (χ1n) is 5.07. The molecule has 15 heavy (non-hydrogen) atoms. The van der Waals surface area contributed by atoms with E-state index in [1.807, 2.05) is 13.0 Å². The number of ether oxygens (including phenoxy) is 1. The van der Waals surface area contributed by atoms with Crippen LogP contribution in [-0.2, 0) is 11.3 Å². The summed E-state index contributed by atoms with van der Waals surface area (Å²) in [7, 11) is 0. The Kier molecular flexibility index (Phi) is 4.78. The predicted molar refractivity (Wildman–Crippen MR) is 60.4 cm³/mol. The number of hydrogen-bond donors (Lipinski definition) is 1. The van der Waals surface area contributed by atoms with Crippen molar-refractivity contribution >= 4 is 17.3 Å². The van der Waals surface area contributed by atoms with E-state index in [1.54, 1.807) is 6.07 Å². The maximum Gasteiger partial charge on any atom is 0.345 e. The van der Waals surface area contributed by atoms with Crippen LogP contribution in [-0.4, -0.2) is 17.2 Å². The third-order valence-corrected chi connectivity index (χ3v) is 3.12. The molecule has 1 N–H and O–H groups in total. The number of carboxylic acids is 1. The largest absolute Gasteiger partial charge is 0.477 e. The van der Waals surface area contributed by atoms with Crippen LogP contribution in [0.25, 0.3) is 0 Å². The van der Waals surface area contributed by atoms with Gasteiger partial charge in [-0.2, -0.15) is 0 Å². The fourth-order valence-corrected chi connectivity index (χ4v) is 2.05. The summed E-state index contributed by atoms with van der Waals surface area (Å²) in [5, 5.41) is 8.73. The second kappa shape index (κ2) is 5.88. The fraction of sp³-hybridized carbons (Fsp3) is 0.545. The van der Waals surface area contributed by atoms with Gasteiger partial charge >= 0.3 is 5.97 Å². The highest BCUT2D eigenvalue weighted by Crippen LogP contribution is 2.18. The summed E-state index contributed by atoms with van der Waals surface area (Å²) >= 11 is 1.28. The third kappa shape index (κ3) is 4.01. The maximum absolute atomic E-state index is 10.6. The van der Waals surface area contributed by atoms with Crippen LogP contribution in [0.4, 0.5) is 0 Å². The summed E-state index contributed by atoms with van der Waals surface area (Å²) in [6.45, 7) is 4.67. The van der Waals surface area contributed by atoms with Gasteiger partial charge in [0.1, 0.15) is 4.88 Å². The van der Waals surface area contributed by atoms with Gasteiger partial charge in [0.05, 0.1) is 12.7 Å². The first-order valence-corrected chi connectivity index (χ1v) is 5.88. The van der Waals surface area contributed by atoms with Crippen LogP contribution in [0.15, 0.2) is 12.1 Å².